The highest BCUT2D eigenvalue weighted by molar-refractivity contribution is 5.72. The van der Waals surface area contributed by atoms with E-state index in [4.69, 9.17) is 11.5 Å². The fraction of sp³-hybridized carbons (Fsp3) is 0.250. The Morgan fingerprint density at radius 3 is 1.33 bits per heavy atom. The van der Waals surface area contributed by atoms with E-state index < -0.39 is 24.8 Å². The summed E-state index contributed by atoms with van der Waals surface area (Å²) in [4.78, 5) is 24.9. The average molecular weight is 334 g/mol. The Morgan fingerprint density at radius 2 is 1.17 bits per heavy atom. The summed E-state index contributed by atoms with van der Waals surface area (Å²) in [6, 6.07) is 11.4. The molecule has 24 heavy (non-hydrogen) atoms. The number of H-pyrrole nitrogens is 2. The number of pyridine rings is 2. The van der Waals surface area contributed by atoms with Crippen LogP contribution < -0.4 is 31.6 Å². The minimum absolute atomic E-state index is 0.470. The van der Waals surface area contributed by atoms with Crippen LogP contribution in [0, 0.1) is 13.8 Å². The molecule has 0 saturated heterocycles. The van der Waals surface area contributed by atoms with Crippen molar-refractivity contribution in [1.29, 1.82) is 0 Å². The van der Waals surface area contributed by atoms with Gasteiger partial charge in [-0.25, -0.2) is 9.97 Å². The van der Waals surface area contributed by atoms with E-state index in [0.29, 0.717) is 11.6 Å². The number of aromatic nitrogens is 2. The highest BCUT2D eigenvalue weighted by Gasteiger charge is 1.89. The number of aromatic amines is 2. The van der Waals surface area contributed by atoms with Crippen molar-refractivity contribution in [3.05, 3.63) is 47.8 Å². The number of rotatable bonds is 3. The van der Waals surface area contributed by atoms with Crippen LogP contribution in [0.4, 0.5) is 11.6 Å². The van der Waals surface area contributed by atoms with Gasteiger partial charge < -0.3 is 19.8 Å². The lowest BCUT2D eigenvalue weighted by Gasteiger charge is -2.00. The minimum Gasteiger partial charge on any atom is -0.550 e. The normalized spacial score (nSPS) is 8.92. The summed E-state index contributed by atoms with van der Waals surface area (Å²) in [5, 5.41) is 19.0. The van der Waals surface area contributed by atoms with Gasteiger partial charge in [-0.05, 0) is 38.8 Å². The Balaban J connectivity index is 0.000000331. The first-order valence-corrected chi connectivity index (χ1v) is 7.09. The van der Waals surface area contributed by atoms with Crippen molar-refractivity contribution in [2.45, 2.75) is 26.7 Å². The van der Waals surface area contributed by atoms with E-state index in [1.165, 1.54) is 0 Å². The van der Waals surface area contributed by atoms with Gasteiger partial charge in [-0.15, -0.1) is 0 Å². The third-order valence-corrected chi connectivity index (χ3v) is 2.46. The van der Waals surface area contributed by atoms with E-state index in [9.17, 15) is 19.8 Å². The number of carboxylic acid groups (broad SMARTS) is 2. The van der Waals surface area contributed by atoms with Crippen LogP contribution in [0.15, 0.2) is 36.4 Å². The number of aryl methyl sites for hydroxylation is 2. The second kappa shape index (κ2) is 11.4. The third-order valence-electron chi connectivity index (χ3n) is 2.46. The topological polar surface area (TPSA) is 161 Å². The summed E-state index contributed by atoms with van der Waals surface area (Å²) < 4.78 is 0. The maximum Gasteiger partial charge on any atom is 0.270 e. The van der Waals surface area contributed by atoms with E-state index in [0.717, 1.165) is 11.4 Å². The van der Waals surface area contributed by atoms with Crippen LogP contribution in [0.1, 0.15) is 24.2 Å². The number of hydrogen-bond donors (Lipinski definition) is 2. The summed E-state index contributed by atoms with van der Waals surface area (Å²) in [5.41, 5.74) is 13.0. The molecule has 6 N–H and O–H groups in total. The van der Waals surface area contributed by atoms with Crippen LogP contribution in [0.2, 0.25) is 0 Å². The van der Waals surface area contributed by atoms with Gasteiger partial charge in [0.1, 0.15) is 0 Å². The quantitative estimate of drug-likeness (QED) is 0.663. The Kier molecular flexibility index (Phi) is 9.91. The predicted molar refractivity (Wildman–Crippen MR) is 83.5 cm³/mol. The molecule has 8 heteroatoms. The Bertz CT molecular complexity index is 570. The van der Waals surface area contributed by atoms with Crippen molar-refractivity contribution in [2.75, 3.05) is 11.5 Å². The molecule has 0 radical (unpaired) electrons. The standard InChI is InChI=1S/2C6H8N2.C4H6O4/c2*1-5-3-2-4-6(7)8-5;5-3(6)1-2-4(7)8/h2*2-4H,1H3,(H2,7,8);1-2H2,(H,5,6)(H,7,8). The van der Waals surface area contributed by atoms with E-state index in [2.05, 4.69) is 9.97 Å². The first-order chi connectivity index (χ1) is 11.2. The molecule has 2 aromatic heterocycles. The fourth-order valence-corrected chi connectivity index (χ4v) is 1.42. The maximum atomic E-state index is 9.50. The van der Waals surface area contributed by atoms with Gasteiger partial charge in [-0.3, -0.25) is 11.5 Å². The van der Waals surface area contributed by atoms with Gasteiger partial charge in [-0.2, -0.15) is 0 Å². The van der Waals surface area contributed by atoms with Crippen molar-refractivity contribution in [1.82, 2.24) is 0 Å². The molecule has 0 saturated carbocycles. The van der Waals surface area contributed by atoms with Crippen LogP contribution >= 0.6 is 0 Å². The molecular formula is C16H22N4O4. The molecule has 0 aliphatic carbocycles. The molecule has 2 heterocycles. The average Bonchev–Trinajstić information content (AvgIpc) is 2.46. The van der Waals surface area contributed by atoms with Crippen LogP contribution in [-0.2, 0) is 9.59 Å². The Hall–Kier alpha value is -3.16. The zero-order valence-corrected chi connectivity index (χ0v) is 13.7. The number of aliphatic carboxylic acids is 2. The first-order valence-electron chi connectivity index (χ1n) is 7.09. The SMILES string of the molecule is Cc1cccc(N)[nH+]1.Cc1cccc(N)[nH+]1.O=C([O-])CCC(=O)[O-]. The van der Waals surface area contributed by atoms with Crippen molar-refractivity contribution >= 4 is 23.6 Å². The summed E-state index contributed by atoms with van der Waals surface area (Å²) in [5.74, 6) is -1.31. The van der Waals surface area contributed by atoms with Crippen molar-refractivity contribution in [2.24, 2.45) is 0 Å². The van der Waals surface area contributed by atoms with Gasteiger partial charge in [0, 0.05) is 24.1 Å². The van der Waals surface area contributed by atoms with Gasteiger partial charge >= 0.3 is 0 Å². The molecule has 8 nitrogen and oxygen atoms in total. The zero-order chi connectivity index (χ0) is 18.5. The molecule has 0 aromatic carbocycles. The summed E-state index contributed by atoms with van der Waals surface area (Å²) in [6.45, 7) is 3.94. The molecule has 0 bridgehead atoms. The molecule has 2 rings (SSSR count). The van der Waals surface area contributed by atoms with Crippen LogP contribution in [0.25, 0.3) is 0 Å². The van der Waals surface area contributed by atoms with E-state index >= 15 is 0 Å². The molecule has 0 aliphatic heterocycles. The lowest BCUT2D eigenvalue weighted by Crippen LogP contribution is -2.27. The third kappa shape index (κ3) is 12.6. The van der Waals surface area contributed by atoms with Crippen LogP contribution in [-0.4, -0.2) is 11.9 Å². The van der Waals surface area contributed by atoms with Crippen LogP contribution in [0.5, 0.6) is 0 Å². The second-order valence-electron chi connectivity index (χ2n) is 4.82. The largest absolute Gasteiger partial charge is 0.550 e. The van der Waals surface area contributed by atoms with Gasteiger partial charge in [0.2, 0.25) is 0 Å². The number of nitrogen functional groups attached to an aromatic ring is 2. The van der Waals surface area contributed by atoms with Gasteiger partial charge in [0.05, 0.1) is 11.4 Å². The molecule has 0 atom stereocenters. The lowest BCUT2D eigenvalue weighted by atomic mass is 10.3. The van der Waals surface area contributed by atoms with Gasteiger partial charge in [-0.1, -0.05) is 12.1 Å². The number of carboxylic acids is 2. The smallest absolute Gasteiger partial charge is 0.270 e. The Morgan fingerprint density at radius 1 is 0.833 bits per heavy atom. The molecular weight excluding hydrogens is 312 g/mol. The highest BCUT2D eigenvalue weighted by Crippen LogP contribution is 1.90. The number of nitrogens with one attached hydrogen (secondary N) is 2. The van der Waals surface area contributed by atoms with Crippen LogP contribution in [0.3, 0.4) is 0 Å². The Labute approximate surface area is 140 Å². The number of carbonyl (C=O) groups is 2. The molecule has 0 fully saturated rings. The molecule has 0 spiro atoms. The highest BCUT2D eigenvalue weighted by atomic mass is 16.4. The summed E-state index contributed by atoms with van der Waals surface area (Å²) in [7, 11) is 0. The molecule has 0 aliphatic rings. The minimum atomic E-state index is -1.37. The van der Waals surface area contributed by atoms with E-state index in [1.54, 1.807) is 0 Å². The van der Waals surface area contributed by atoms with Gasteiger partial charge in [0.15, 0.2) is 0 Å². The first kappa shape index (κ1) is 20.8. The van der Waals surface area contributed by atoms with E-state index in [1.807, 2.05) is 50.2 Å². The van der Waals surface area contributed by atoms with Gasteiger partial charge in [0.25, 0.3) is 11.6 Å². The van der Waals surface area contributed by atoms with Crippen molar-refractivity contribution in [3.63, 3.8) is 0 Å². The van der Waals surface area contributed by atoms with Crippen molar-refractivity contribution in [3.8, 4) is 0 Å². The number of hydrogen-bond acceptors (Lipinski definition) is 6. The summed E-state index contributed by atoms with van der Waals surface area (Å²) in [6.07, 6.45) is -0.940. The molecule has 0 amide bonds. The monoisotopic (exact) mass is 334 g/mol. The van der Waals surface area contributed by atoms with Crippen molar-refractivity contribution < 1.29 is 29.8 Å². The van der Waals surface area contributed by atoms with E-state index in [-0.39, 0.29) is 0 Å². The molecule has 0 unspecified atom stereocenters. The summed E-state index contributed by atoms with van der Waals surface area (Å²) >= 11 is 0. The second-order valence-corrected chi connectivity index (χ2v) is 4.82. The fourth-order valence-electron chi connectivity index (χ4n) is 1.42. The number of carbonyl (C=O) groups excluding carboxylic acids is 2. The molecule has 2 aromatic rings. The predicted octanol–water partition coefficient (Wildman–Crippen LogP) is -1.95. The number of anilines is 2. The number of nitrogens with two attached hydrogens (primary N) is 2. The maximum absolute atomic E-state index is 9.50. The zero-order valence-electron chi connectivity index (χ0n) is 13.7. The lowest BCUT2D eigenvalue weighted by molar-refractivity contribution is -0.370. The molecule has 130 valence electrons.